The van der Waals surface area contributed by atoms with E-state index in [2.05, 4.69) is 40.0 Å². The molecule has 0 bridgehead atoms. The number of nitrogens with zero attached hydrogens (tertiary/aromatic N) is 1. The predicted molar refractivity (Wildman–Crippen MR) is 79.8 cm³/mol. The summed E-state index contributed by atoms with van der Waals surface area (Å²) in [5, 5.41) is 3.41. The molecule has 19 heavy (non-hydrogen) atoms. The van der Waals surface area contributed by atoms with E-state index < -0.39 is 0 Å². The fourth-order valence-electron chi connectivity index (χ4n) is 2.58. The first-order valence-corrected chi connectivity index (χ1v) is 7.20. The van der Waals surface area contributed by atoms with Crippen LogP contribution in [0.5, 0.6) is 0 Å². The van der Waals surface area contributed by atoms with Gasteiger partial charge in [-0.2, -0.15) is 0 Å². The number of ether oxygens (including phenoxy) is 1. The highest BCUT2D eigenvalue weighted by atomic mass is 79.9. The molecular weight excluding hydrogens is 308 g/mol. The molecule has 1 saturated heterocycles. The summed E-state index contributed by atoms with van der Waals surface area (Å²) in [7, 11) is 1.39. The first-order valence-electron chi connectivity index (χ1n) is 6.41. The van der Waals surface area contributed by atoms with Gasteiger partial charge in [-0.3, -0.25) is 0 Å². The summed E-state index contributed by atoms with van der Waals surface area (Å²) in [4.78, 5) is 14.0. The maximum atomic E-state index is 11.6. The van der Waals surface area contributed by atoms with Gasteiger partial charge in [-0.25, -0.2) is 4.79 Å². The molecule has 0 radical (unpaired) electrons. The van der Waals surface area contributed by atoms with Gasteiger partial charge in [0.25, 0.3) is 0 Å². The molecule has 1 heterocycles. The number of halogens is 1. The van der Waals surface area contributed by atoms with Gasteiger partial charge in [0, 0.05) is 35.3 Å². The Bertz CT molecular complexity index is 469. The lowest BCUT2D eigenvalue weighted by Crippen LogP contribution is -2.55. The van der Waals surface area contributed by atoms with Crippen molar-refractivity contribution >= 4 is 27.6 Å². The van der Waals surface area contributed by atoms with Gasteiger partial charge >= 0.3 is 5.97 Å². The van der Waals surface area contributed by atoms with Gasteiger partial charge in [-0.1, -0.05) is 0 Å². The van der Waals surface area contributed by atoms with Crippen molar-refractivity contribution < 1.29 is 9.53 Å². The summed E-state index contributed by atoms with van der Waals surface area (Å²) in [6.07, 6.45) is 0. The predicted octanol–water partition coefficient (Wildman–Crippen LogP) is 2.42. The number of nitrogens with one attached hydrogen (secondary N) is 1. The molecule has 1 aliphatic heterocycles. The van der Waals surface area contributed by atoms with Crippen LogP contribution in [0, 0.1) is 0 Å². The van der Waals surface area contributed by atoms with Crippen molar-refractivity contribution in [2.45, 2.75) is 25.9 Å². The van der Waals surface area contributed by atoms with E-state index in [9.17, 15) is 4.79 Å². The van der Waals surface area contributed by atoms with Crippen molar-refractivity contribution in [3.63, 3.8) is 0 Å². The lowest BCUT2D eigenvalue weighted by Gasteiger charge is -2.41. The van der Waals surface area contributed by atoms with Gasteiger partial charge in [0.05, 0.1) is 12.7 Å². The minimum absolute atomic E-state index is 0.320. The third kappa shape index (κ3) is 2.92. The van der Waals surface area contributed by atoms with Crippen LogP contribution < -0.4 is 10.2 Å². The van der Waals surface area contributed by atoms with Gasteiger partial charge in [-0.05, 0) is 48.0 Å². The van der Waals surface area contributed by atoms with Crippen molar-refractivity contribution in [3.8, 4) is 0 Å². The number of carbonyl (C=O) groups is 1. The smallest absolute Gasteiger partial charge is 0.339 e. The standard InChI is InChI=1S/C14H19BrN2O2/c1-9-7-16-8-10(2)17(9)11-4-5-12(13(15)6-11)14(18)19-3/h4-6,9-10,16H,7-8H2,1-3H3/t9-,10+. The zero-order chi connectivity index (χ0) is 14.0. The van der Waals surface area contributed by atoms with Crippen LogP contribution in [-0.2, 0) is 4.74 Å². The quantitative estimate of drug-likeness (QED) is 0.847. The van der Waals surface area contributed by atoms with Crippen LogP contribution in [-0.4, -0.2) is 38.3 Å². The number of anilines is 1. The molecule has 2 atom stereocenters. The molecule has 4 nitrogen and oxygen atoms in total. The number of carbonyl (C=O) groups excluding carboxylic acids is 1. The summed E-state index contributed by atoms with van der Waals surface area (Å²) in [6, 6.07) is 6.64. The molecule has 1 aliphatic rings. The van der Waals surface area contributed by atoms with E-state index in [0.717, 1.165) is 23.2 Å². The number of hydrogen-bond acceptors (Lipinski definition) is 4. The average Bonchev–Trinajstić information content (AvgIpc) is 2.38. The van der Waals surface area contributed by atoms with E-state index in [4.69, 9.17) is 4.74 Å². The molecule has 5 heteroatoms. The van der Waals surface area contributed by atoms with Crippen LogP contribution in [0.25, 0.3) is 0 Å². The Kier molecular flexibility index (Phi) is 4.47. The molecule has 1 aromatic rings. The van der Waals surface area contributed by atoms with Gasteiger partial charge in [-0.15, -0.1) is 0 Å². The summed E-state index contributed by atoms with van der Waals surface area (Å²) >= 11 is 3.45. The van der Waals surface area contributed by atoms with E-state index in [1.165, 1.54) is 7.11 Å². The van der Waals surface area contributed by atoms with E-state index >= 15 is 0 Å². The molecule has 0 unspecified atom stereocenters. The van der Waals surface area contributed by atoms with Crippen LogP contribution >= 0.6 is 15.9 Å². The van der Waals surface area contributed by atoms with Crippen LogP contribution in [0.2, 0.25) is 0 Å². The second kappa shape index (κ2) is 5.92. The molecule has 1 aromatic carbocycles. The third-order valence-corrected chi connectivity index (χ3v) is 4.14. The Morgan fingerprint density at radius 1 is 1.37 bits per heavy atom. The molecule has 0 spiro atoms. The highest BCUT2D eigenvalue weighted by Crippen LogP contribution is 2.28. The van der Waals surface area contributed by atoms with E-state index in [1.807, 2.05) is 18.2 Å². The highest BCUT2D eigenvalue weighted by molar-refractivity contribution is 9.10. The van der Waals surface area contributed by atoms with Crippen molar-refractivity contribution in [2.75, 3.05) is 25.1 Å². The first-order chi connectivity index (χ1) is 9.04. The molecular formula is C14H19BrN2O2. The number of hydrogen-bond donors (Lipinski definition) is 1. The Balaban J connectivity index is 2.30. The van der Waals surface area contributed by atoms with E-state index in [0.29, 0.717) is 17.6 Å². The summed E-state index contributed by atoms with van der Waals surface area (Å²) in [6.45, 7) is 6.34. The Labute approximate surface area is 122 Å². The van der Waals surface area contributed by atoms with Crippen LogP contribution in [0.15, 0.2) is 22.7 Å². The molecule has 0 aliphatic carbocycles. The second-order valence-corrected chi connectivity index (χ2v) is 5.77. The van der Waals surface area contributed by atoms with Crippen LogP contribution in [0.1, 0.15) is 24.2 Å². The second-order valence-electron chi connectivity index (χ2n) is 4.92. The SMILES string of the molecule is COC(=O)c1ccc(N2[C@H](C)CNC[C@@H]2C)cc1Br. The molecule has 1 N–H and O–H groups in total. The summed E-state index contributed by atoms with van der Waals surface area (Å²) < 4.78 is 5.53. The van der Waals surface area contributed by atoms with E-state index in [1.54, 1.807) is 0 Å². The zero-order valence-corrected chi connectivity index (χ0v) is 13.0. The topological polar surface area (TPSA) is 41.6 Å². The summed E-state index contributed by atoms with van der Waals surface area (Å²) in [5.41, 5.74) is 1.68. The molecule has 0 aromatic heterocycles. The normalized spacial score (nSPS) is 23.3. The number of benzene rings is 1. The number of piperazine rings is 1. The average molecular weight is 327 g/mol. The molecule has 1 fully saturated rings. The van der Waals surface area contributed by atoms with Gasteiger partial charge in [0.2, 0.25) is 0 Å². The Morgan fingerprint density at radius 2 is 2.00 bits per heavy atom. The van der Waals surface area contributed by atoms with Crippen LogP contribution in [0.4, 0.5) is 5.69 Å². The fourth-order valence-corrected chi connectivity index (χ4v) is 3.11. The van der Waals surface area contributed by atoms with Crippen molar-refractivity contribution in [3.05, 3.63) is 28.2 Å². The molecule has 0 amide bonds. The Morgan fingerprint density at radius 3 is 2.53 bits per heavy atom. The van der Waals surface area contributed by atoms with Crippen molar-refractivity contribution in [1.29, 1.82) is 0 Å². The van der Waals surface area contributed by atoms with Crippen LogP contribution in [0.3, 0.4) is 0 Å². The van der Waals surface area contributed by atoms with Gasteiger partial charge in [0.1, 0.15) is 0 Å². The van der Waals surface area contributed by atoms with E-state index in [-0.39, 0.29) is 5.97 Å². The van der Waals surface area contributed by atoms with Crippen molar-refractivity contribution in [1.82, 2.24) is 5.32 Å². The largest absolute Gasteiger partial charge is 0.465 e. The lowest BCUT2D eigenvalue weighted by atomic mass is 10.1. The fraction of sp³-hybridized carbons (Fsp3) is 0.500. The maximum Gasteiger partial charge on any atom is 0.339 e. The lowest BCUT2D eigenvalue weighted by molar-refractivity contribution is 0.0599. The minimum atomic E-state index is -0.320. The third-order valence-electron chi connectivity index (χ3n) is 3.49. The minimum Gasteiger partial charge on any atom is -0.465 e. The number of esters is 1. The first kappa shape index (κ1) is 14.3. The maximum absolute atomic E-state index is 11.6. The Hall–Kier alpha value is -1.07. The molecule has 104 valence electrons. The zero-order valence-electron chi connectivity index (χ0n) is 11.4. The van der Waals surface area contributed by atoms with Gasteiger partial charge in [0.15, 0.2) is 0 Å². The number of methoxy groups -OCH3 is 1. The van der Waals surface area contributed by atoms with Gasteiger partial charge < -0.3 is 15.0 Å². The molecule has 0 saturated carbocycles. The monoisotopic (exact) mass is 326 g/mol. The number of rotatable bonds is 2. The highest BCUT2D eigenvalue weighted by Gasteiger charge is 2.25. The van der Waals surface area contributed by atoms with Crippen molar-refractivity contribution in [2.24, 2.45) is 0 Å². The molecule has 2 rings (SSSR count). The summed E-state index contributed by atoms with van der Waals surface area (Å²) in [5.74, 6) is -0.320.